The highest BCUT2D eigenvalue weighted by atomic mass is 16.1. The van der Waals surface area contributed by atoms with Crippen molar-refractivity contribution in [2.24, 2.45) is 5.73 Å². The first-order valence-electron chi connectivity index (χ1n) is 5.40. The first kappa shape index (κ1) is 13.2. The van der Waals surface area contributed by atoms with E-state index < -0.39 is 0 Å². The summed E-state index contributed by atoms with van der Waals surface area (Å²) in [6.07, 6.45) is 0.659. The molecule has 0 unspecified atom stereocenters. The van der Waals surface area contributed by atoms with Gasteiger partial charge in [0.1, 0.15) is 5.78 Å². The number of hydrogen-bond donors (Lipinski definition) is 4. The van der Waals surface area contributed by atoms with Crippen LogP contribution in [0.5, 0.6) is 0 Å². The summed E-state index contributed by atoms with van der Waals surface area (Å²) in [4.78, 5) is 11.3. The first-order chi connectivity index (χ1) is 8.02. The van der Waals surface area contributed by atoms with Crippen LogP contribution in [0.25, 0.3) is 0 Å². The molecular formula is C12H18N4O. The van der Waals surface area contributed by atoms with Crippen LogP contribution in [-0.4, -0.2) is 24.8 Å². The van der Waals surface area contributed by atoms with Gasteiger partial charge in [0.2, 0.25) is 0 Å². The zero-order valence-corrected chi connectivity index (χ0v) is 10.1. The van der Waals surface area contributed by atoms with Crippen molar-refractivity contribution in [3.8, 4) is 0 Å². The predicted octanol–water partition coefficient (Wildman–Crippen LogP) is 0.711. The number of nitrogens with two attached hydrogens (primary N) is 1. The smallest absolute Gasteiger partial charge is 0.190 e. The number of carbonyl (C=O) groups excluding carboxylic acids is 1. The number of nitrogens with one attached hydrogen (secondary N) is 3. The van der Waals surface area contributed by atoms with Crippen LogP contribution in [0, 0.1) is 5.41 Å². The molecule has 1 rings (SSSR count). The summed E-state index contributed by atoms with van der Waals surface area (Å²) in [5.74, 6) is 0.0352. The van der Waals surface area contributed by atoms with Gasteiger partial charge in [0, 0.05) is 5.69 Å². The molecule has 1 atom stereocenters. The fourth-order valence-corrected chi connectivity index (χ4v) is 1.56. The molecule has 5 heteroatoms. The standard InChI is InChI=1S/C12H18N4O/c1-8(17)11(15-2)7-9-3-5-10(6-4-9)16-12(13)14/h3-6,11,15H,7H2,1-2H3,(H4,13,14,16)/t11-/m0/s1. The average molecular weight is 234 g/mol. The molecule has 0 heterocycles. The summed E-state index contributed by atoms with van der Waals surface area (Å²) in [7, 11) is 1.78. The van der Waals surface area contributed by atoms with E-state index in [-0.39, 0.29) is 17.8 Å². The summed E-state index contributed by atoms with van der Waals surface area (Å²) in [5, 5.41) is 12.8. The Morgan fingerprint density at radius 3 is 2.41 bits per heavy atom. The third kappa shape index (κ3) is 4.24. The van der Waals surface area contributed by atoms with Crippen LogP contribution in [0.2, 0.25) is 0 Å². The lowest BCUT2D eigenvalue weighted by molar-refractivity contribution is -0.118. The molecule has 0 aliphatic carbocycles. The summed E-state index contributed by atoms with van der Waals surface area (Å²) in [6, 6.07) is 7.35. The molecule has 0 radical (unpaired) electrons. The van der Waals surface area contributed by atoms with Gasteiger partial charge in [0.25, 0.3) is 0 Å². The fourth-order valence-electron chi connectivity index (χ4n) is 1.56. The zero-order valence-electron chi connectivity index (χ0n) is 10.1. The van der Waals surface area contributed by atoms with Gasteiger partial charge in [-0.3, -0.25) is 10.2 Å². The van der Waals surface area contributed by atoms with Crippen molar-refractivity contribution in [1.29, 1.82) is 5.41 Å². The number of Topliss-reactive ketones (excluding diaryl/α,β-unsaturated/α-hetero) is 1. The van der Waals surface area contributed by atoms with Crippen LogP contribution in [0.1, 0.15) is 12.5 Å². The number of guanidine groups is 1. The lowest BCUT2D eigenvalue weighted by Gasteiger charge is -2.13. The number of likely N-dealkylation sites (N-methyl/N-ethyl adjacent to an activating group) is 1. The second-order valence-corrected chi connectivity index (χ2v) is 3.89. The van der Waals surface area contributed by atoms with Gasteiger partial charge in [-0.05, 0) is 38.1 Å². The van der Waals surface area contributed by atoms with Gasteiger partial charge in [-0.25, -0.2) is 0 Å². The maximum absolute atomic E-state index is 11.3. The maximum atomic E-state index is 11.3. The van der Waals surface area contributed by atoms with Gasteiger partial charge in [-0.2, -0.15) is 0 Å². The van der Waals surface area contributed by atoms with Gasteiger partial charge in [0.15, 0.2) is 5.96 Å². The second kappa shape index (κ2) is 6.00. The number of ketones is 1. The molecule has 1 aromatic carbocycles. The van der Waals surface area contributed by atoms with Crippen molar-refractivity contribution < 1.29 is 4.79 Å². The largest absolute Gasteiger partial charge is 0.370 e. The molecule has 5 N–H and O–H groups in total. The Labute approximate surface area is 101 Å². The minimum Gasteiger partial charge on any atom is -0.370 e. The zero-order chi connectivity index (χ0) is 12.8. The summed E-state index contributed by atoms with van der Waals surface area (Å²) in [6.45, 7) is 1.58. The van der Waals surface area contributed by atoms with Crippen LogP contribution in [0.3, 0.4) is 0 Å². The Bertz CT molecular complexity index is 399. The van der Waals surface area contributed by atoms with Crippen LogP contribution < -0.4 is 16.4 Å². The minimum absolute atomic E-state index is 0.0883. The Morgan fingerprint density at radius 2 is 2.00 bits per heavy atom. The molecule has 17 heavy (non-hydrogen) atoms. The number of benzene rings is 1. The molecule has 0 fully saturated rings. The monoisotopic (exact) mass is 234 g/mol. The molecule has 0 aromatic heterocycles. The average Bonchev–Trinajstić information content (AvgIpc) is 2.26. The Kier molecular flexibility index (Phi) is 4.66. The SMILES string of the molecule is CN[C@@H](Cc1ccc(NC(=N)N)cc1)C(C)=O. The van der Waals surface area contributed by atoms with E-state index in [0.29, 0.717) is 6.42 Å². The third-order valence-electron chi connectivity index (χ3n) is 2.51. The fraction of sp³-hybridized carbons (Fsp3) is 0.333. The number of anilines is 1. The number of carbonyl (C=O) groups is 1. The van der Waals surface area contributed by atoms with Gasteiger partial charge in [-0.1, -0.05) is 12.1 Å². The molecule has 0 saturated heterocycles. The molecule has 0 amide bonds. The summed E-state index contributed by atoms with van der Waals surface area (Å²) < 4.78 is 0. The molecule has 1 aromatic rings. The van der Waals surface area contributed by atoms with Gasteiger partial charge >= 0.3 is 0 Å². The lowest BCUT2D eigenvalue weighted by Crippen LogP contribution is -2.34. The van der Waals surface area contributed by atoms with Gasteiger partial charge < -0.3 is 16.4 Å². The normalized spacial score (nSPS) is 11.9. The highest BCUT2D eigenvalue weighted by molar-refractivity contribution is 5.89. The molecular weight excluding hydrogens is 216 g/mol. The van der Waals surface area contributed by atoms with Gasteiger partial charge in [-0.15, -0.1) is 0 Å². The Morgan fingerprint density at radius 1 is 1.41 bits per heavy atom. The van der Waals surface area contributed by atoms with E-state index in [1.165, 1.54) is 0 Å². The Hall–Kier alpha value is -1.88. The van der Waals surface area contributed by atoms with Crippen molar-refractivity contribution in [3.05, 3.63) is 29.8 Å². The number of hydrogen-bond acceptors (Lipinski definition) is 3. The number of rotatable bonds is 5. The van der Waals surface area contributed by atoms with E-state index in [0.717, 1.165) is 11.3 Å². The molecule has 0 aliphatic rings. The summed E-state index contributed by atoms with van der Waals surface area (Å²) in [5.41, 5.74) is 7.05. The van der Waals surface area contributed by atoms with Crippen LogP contribution in [0.4, 0.5) is 5.69 Å². The summed E-state index contributed by atoms with van der Waals surface area (Å²) >= 11 is 0. The first-order valence-corrected chi connectivity index (χ1v) is 5.40. The van der Waals surface area contributed by atoms with E-state index >= 15 is 0 Å². The van der Waals surface area contributed by atoms with Crippen molar-refractivity contribution in [1.82, 2.24) is 5.32 Å². The molecule has 5 nitrogen and oxygen atoms in total. The van der Waals surface area contributed by atoms with Gasteiger partial charge in [0.05, 0.1) is 6.04 Å². The lowest BCUT2D eigenvalue weighted by atomic mass is 10.0. The van der Waals surface area contributed by atoms with Crippen LogP contribution in [0.15, 0.2) is 24.3 Å². The molecule has 0 saturated carbocycles. The topological polar surface area (TPSA) is 91.0 Å². The Balaban J connectivity index is 2.67. The second-order valence-electron chi connectivity index (χ2n) is 3.89. The van der Waals surface area contributed by atoms with Crippen molar-refractivity contribution in [3.63, 3.8) is 0 Å². The van der Waals surface area contributed by atoms with Crippen LogP contribution in [-0.2, 0) is 11.2 Å². The quantitative estimate of drug-likeness (QED) is 0.446. The van der Waals surface area contributed by atoms with E-state index in [4.69, 9.17) is 11.1 Å². The van der Waals surface area contributed by atoms with Crippen molar-refractivity contribution in [2.45, 2.75) is 19.4 Å². The van der Waals surface area contributed by atoms with E-state index in [2.05, 4.69) is 10.6 Å². The van der Waals surface area contributed by atoms with E-state index in [1.54, 1.807) is 14.0 Å². The van der Waals surface area contributed by atoms with Crippen molar-refractivity contribution in [2.75, 3.05) is 12.4 Å². The molecule has 0 aliphatic heterocycles. The van der Waals surface area contributed by atoms with Crippen molar-refractivity contribution >= 4 is 17.4 Å². The maximum Gasteiger partial charge on any atom is 0.190 e. The minimum atomic E-state index is -0.151. The third-order valence-corrected chi connectivity index (χ3v) is 2.51. The molecule has 0 bridgehead atoms. The van der Waals surface area contributed by atoms with Crippen LogP contribution >= 0.6 is 0 Å². The predicted molar refractivity (Wildman–Crippen MR) is 69.2 cm³/mol. The molecule has 0 spiro atoms. The molecule has 92 valence electrons. The highest BCUT2D eigenvalue weighted by Gasteiger charge is 2.11. The van der Waals surface area contributed by atoms with E-state index in [9.17, 15) is 4.79 Å². The highest BCUT2D eigenvalue weighted by Crippen LogP contribution is 2.11. The van der Waals surface area contributed by atoms with E-state index in [1.807, 2.05) is 24.3 Å².